The fraction of sp³-hybridized carbons (Fsp3) is 0.194. The number of hydrogen-bond acceptors (Lipinski definition) is 3. The molecular weight excluding hydrogens is 484 g/mol. The zero-order valence-corrected chi connectivity index (χ0v) is 22.1. The molecule has 5 heteroatoms. The summed E-state index contributed by atoms with van der Waals surface area (Å²) in [6, 6.07) is 31.1. The number of fused-ring (bicyclic) bond motifs is 1. The Morgan fingerprint density at radius 1 is 0.806 bits per heavy atom. The van der Waals surface area contributed by atoms with Gasteiger partial charge in [0, 0.05) is 41.2 Å². The first kappa shape index (κ1) is 24.4. The van der Waals surface area contributed by atoms with E-state index in [-0.39, 0.29) is 5.56 Å². The molecule has 0 aliphatic heterocycles. The van der Waals surface area contributed by atoms with Crippen LogP contribution in [-0.4, -0.2) is 17.7 Å². The highest BCUT2D eigenvalue weighted by Crippen LogP contribution is 2.39. The summed E-state index contributed by atoms with van der Waals surface area (Å²) in [5, 5.41) is 0. The van der Waals surface area contributed by atoms with Crippen molar-refractivity contribution in [3.05, 3.63) is 112 Å². The molecule has 0 unspecified atom stereocenters. The zero-order chi connectivity index (χ0) is 25.1. The van der Waals surface area contributed by atoms with Crippen molar-refractivity contribution in [2.45, 2.75) is 26.3 Å². The van der Waals surface area contributed by atoms with Crippen LogP contribution in [0.5, 0.6) is 0 Å². The van der Waals surface area contributed by atoms with E-state index < -0.39 is 0 Å². The van der Waals surface area contributed by atoms with Gasteiger partial charge in [0.2, 0.25) is 0 Å². The predicted molar refractivity (Wildman–Crippen MR) is 156 cm³/mol. The molecule has 3 nitrogen and oxygen atoms in total. The summed E-state index contributed by atoms with van der Waals surface area (Å²) in [6.45, 7) is 6.84. The Hall–Kier alpha value is -3.34. The summed E-state index contributed by atoms with van der Waals surface area (Å²) in [5.74, 6) is 0.483. The summed E-state index contributed by atoms with van der Waals surface area (Å²) < 4.78 is 3.02. The third kappa shape index (κ3) is 4.84. The smallest absolute Gasteiger partial charge is 0.252 e. The number of pyridine rings is 1. The Balaban J connectivity index is 1.63. The van der Waals surface area contributed by atoms with Gasteiger partial charge in [0.1, 0.15) is 0 Å². The molecule has 0 saturated heterocycles. The van der Waals surface area contributed by atoms with Gasteiger partial charge in [0.25, 0.3) is 5.56 Å². The van der Waals surface area contributed by atoms with E-state index in [0.29, 0.717) is 12.4 Å². The second-order valence-electron chi connectivity index (χ2n) is 8.84. The summed E-state index contributed by atoms with van der Waals surface area (Å²) >= 11 is 7.71. The molecule has 3 aromatic carbocycles. The molecule has 0 spiro atoms. The van der Waals surface area contributed by atoms with Crippen molar-refractivity contribution in [2.24, 2.45) is 0 Å². The van der Waals surface area contributed by atoms with Gasteiger partial charge in [-0.1, -0.05) is 66.7 Å². The minimum atomic E-state index is 0.00371. The molecule has 5 rings (SSSR count). The van der Waals surface area contributed by atoms with E-state index in [0.717, 1.165) is 56.0 Å². The van der Waals surface area contributed by atoms with Gasteiger partial charge in [-0.3, -0.25) is 4.79 Å². The van der Waals surface area contributed by atoms with Gasteiger partial charge in [0.15, 0.2) is 0 Å². The number of nitrogens with zero attached hydrogens (tertiary/aromatic N) is 2. The maximum Gasteiger partial charge on any atom is 0.252 e. The molecule has 0 aliphatic rings. The van der Waals surface area contributed by atoms with Crippen molar-refractivity contribution in [1.82, 2.24) is 4.57 Å². The number of thiophene rings is 1. The van der Waals surface area contributed by atoms with Crippen LogP contribution >= 0.6 is 22.9 Å². The monoisotopic (exact) mass is 512 g/mol. The normalized spacial score (nSPS) is 11.2. The summed E-state index contributed by atoms with van der Waals surface area (Å²) in [4.78, 5) is 16.9. The summed E-state index contributed by atoms with van der Waals surface area (Å²) in [5.41, 5.74) is 7.56. The average Bonchev–Trinajstić information content (AvgIpc) is 3.37. The quantitative estimate of drug-likeness (QED) is 0.197. The molecule has 0 saturated carbocycles. The van der Waals surface area contributed by atoms with E-state index in [9.17, 15) is 4.79 Å². The Bertz CT molecular complexity index is 1520. The molecule has 0 radical (unpaired) electrons. The van der Waals surface area contributed by atoms with Crippen LogP contribution < -0.4 is 10.5 Å². The number of anilines is 1. The van der Waals surface area contributed by atoms with Crippen LogP contribution in [0.25, 0.3) is 31.8 Å². The fourth-order valence-electron chi connectivity index (χ4n) is 4.64. The molecule has 0 fully saturated rings. The van der Waals surface area contributed by atoms with E-state index >= 15 is 0 Å². The van der Waals surface area contributed by atoms with Gasteiger partial charge in [-0.25, -0.2) is 0 Å². The number of alkyl halides is 1. The number of aromatic nitrogens is 1. The fourth-order valence-corrected chi connectivity index (χ4v) is 6.02. The number of benzene rings is 3. The van der Waals surface area contributed by atoms with E-state index in [4.69, 9.17) is 11.6 Å². The largest absolute Gasteiger partial charge is 0.372 e. The molecule has 0 atom stereocenters. The van der Waals surface area contributed by atoms with Crippen LogP contribution in [0.3, 0.4) is 0 Å². The SMILES string of the molecule is CCN(CC)c1ccc(-c2cc3c(s2)c(-c2ccccc2)cc(=O)n3Cc2ccc(CCl)cc2)cc1. The molecule has 182 valence electrons. The van der Waals surface area contributed by atoms with Gasteiger partial charge >= 0.3 is 0 Å². The van der Waals surface area contributed by atoms with Crippen LogP contribution in [0.15, 0.2) is 95.8 Å². The lowest BCUT2D eigenvalue weighted by Gasteiger charge is -2.21. The first-order valence-corrected chi connectivity index (χ1v) is 13.7. The van der Waals surface area contributed by atoms with Crippen molar-refractivity contribution < 1.29 is 0 Å². The lowest BCUT2D eigenvalue weighted by Crippen LogP contribution is -2.21. The Labute approximate surface area is 221 Å². The highest BCUT2D eigenvalue weighted by atomic mass is 35.5. The van der Waals surface area contributed by atoms with E-state index in [1.807, 2.05) is 34.9 Å². The van der Waals surface area contributed by atoms with Gasteiger partial charge < -0.3 is 9.47 Å². The van der Waals surface area contributed by atoms with E-state index in [2.05, 4.69) is 73.3 Å². The first-order chi connectivity index (χ1) is 17.6. The van der Waals surface area contributed by atoms with Crippen LogP contribution in [-0.2, 0) is 12.4 Å². The molecule has 5 aromatic rings. The standard InChI is InChI=1S/C31H29ClN2OS/c1-3-33(4-2)26-16-14-25(15-17-26)29-19-28-31(36-29)27(24-8-6-5-7-9-24)18-30(35)34(28)21-23-12-10-22(20-32)11-13-23/h5-19H,3-4,20-21H2,1-2H3. The van der Waals surface area contributed by atoms with Crippen molar-refractivity contribution in [3.8, 4) is 21.6 Å². The lowest BCUT2D eigenvalue weighted by molar-refractivity contribution is 0.796. The van der Waals surface area contributed by atoms with Crippen LogP contribution in [0, 0.1) is 0 Å². The van der Waals surface area contributed by atoms with Crippen molar-refractivity contribution in [2.75, 3.05) is 18.0 Å². The number of halogens is 1. The average molecular weight is 513 g/mol. The first-order valence-electron chi connectivity index (χ1n) is 12.3. The minimum Gasteiger partial charge on any atom is -0.372 e. The third-order valence-electron chi connectivity index (χ3n) is 6.66. The predicted octanol–water partition coefficient (Wildman–Crippen LogP) is 8.03. The molecule has 0 amide bonds. The molecule has 2 heterocycles. The third-order valence-corrected chi connectivity index (χ3v) is 8.18. The van der Waals surface area contributed by atoms with E-state index in [1.165, 1.54) is 5.69 Å². The van der Waals surface area contributed by atoms with Crippen LogP contribution in [0.2, 0.25) is 0 Å². The zero-order valence-electron chi connectivity index (χ0n) is 20.6. The summed E-state index contributed by atoms with van der Waals surface area (Å²) in [7, 11) is 0. The van der Waals surface area contributed by atoms with Crippen molar-refractivity contribution in [1.29, 1.82) is 0 Å². The van der Waals surface area contributed by atoms with Gasteiger partial charge in [0.05, 0.1) is 16.8 Å². The van der Waals surface area contributed by atoms with Crippen molar-refractivity contribution >= 4 is 38.8 Å². The Morgan fingerprint density at radius 3 is 2.11 bits per heavy atom. The lowest BCUT2D eigenvalue weighted by atomic mass is 10.1. The second-order valence-corrected chi connectivity index (χ2v) is 10.2. The topological polar surface area (TPSA) is 25.2 Å². The molecule has 0 N–H and O–H groups in total. The number of hydrogen-bond donors (Lipinski definition) is 0. The molecule has 0 aliphatic carbocycles. The molecule has 2 aromatic heterocycles. The Kier molecular flexibility index (Phi) is 7.26. The van der Waals surface area contributed by atoms with E-state index in [1.54, 1.807) is 17.4 Å². The molecular formula is C31H29ClN2OS. The Morgan fingerprint density at radius 2 is 1.47 bits per heavy atom. The van der Waals surface area contributed by atoms with Gasteiger partial charge in [-0.05, 0) is 54.3 Å². The second kappa shape index (κ2) is 10.7. The highest BCUT2D eigenvalue weighted by molar-refractivity contribution is 7.22. The van der Waals surface area contributed by atoms with Gasteiger partial charge in [-0.15, -0.1) is 22.9 Å². The summed E-state index contributed by atoms with van der Waals surface area (Å²) in [6.07, 6.45) is 0. The minimum absolute atomic E-state index is 0.00371. The van der Waals surface area contributed by atoms with Crippen molar-refractivity contribution in [3.63, 3.8) is 0 Å². The maximum atomic E-state index is 13.4. The highest BCUT2D eigenvalue weighted by Gasteiger charge is 2.16. The number of rotatable bonds is 8. The molecule has 0 bridgehead atoms. The maximum absolute atomic E-state index is 13.4. The molecule has 36 heavy (non-hydrogen) atoms. The van der Waals surface area contributed by atoms with Crippen LogP contribution in [0.4, 0.5) is 5.69 Å². The van der Waals surface area contributed by atoms with Crippen LogP contribution in [0.1, 0.15) is 25.0 Å². The van der Waals surface area contributed by atoms with Gasteiger partial charge in [-0.2, -0.15) is 0 Å².